The van der Waals surface area contributed by atoms with Gasteiger partial charge in [0, 0.05) is 29.1 Å². The van der Waals surface area contributed by atoms with E-state index >= 15 is 0 Å². The van der Waals surface area contributed by atoms with Crippen molar-refractivity contribution in [2.45, 2.75) is 0 Å². The van der Waals surface area contributed by atoms with Crippen LogP contribution < -0.4 is 0 Å². The minimum absolute atomic E-state index is 0.704. The van der Waals surface area contributed by atoms with E-state index in [1.54, 1.807) is 6.20 Å². The van der Waals surface area contributed by atoms with Crippen molar-refractivity contribution in [1.29, 1.82) is 0 Å². The van der Waals surface area contributed by atoms with Crippen LogP contribution in [-0.4, -0.2) is 15.0 Å². The van der Waals surface area contributed by atoms with Gasteiger partial charge in [-0.05, 0) is 72.8 Å². The standard InChI is InChI=1S/C45H29N3/c1-2-10-35(11-3-1)45-47-42(32-18-16-30(17-19-32)37-13-8-26-46-29-37)28-43(48-45)33-20-22-34(23-21-33)44-39-15-7-5-12-36(39)27-41-38-14-6-4-9-31(38)24-25-40(41)44/h1-29H. The van der Waals surface area contributed by atoms with Gasteiger partial charge in [-0.1, -0.05) is 146 Å². The Bertz CT molecular complexity index is 2580. The molecule has 0 unspecified atom stereocenters. The second-order valence-electron chi connectivity index (χ2n) is 12.1. The molecule has 0 atom stereocenters. The number of benzene rings is 7. The SMILES string of the molecule is c1ccc(-c2nc(-c3ccc(-c4cccnc4)cc3)cc(-c3ccc(-c4c5ccccc5cc5c4ccc4ccccc45)cc3)n2)cc1. The molecule has 0 aliphatic rings. The maximum atomic E-state index is 5.08. The number of aromatic nitrogens is 3. The van der Waals surface area contributed by atoms with Gasteiger partial charge < -0.3 is 0 Å². The highest BCUT2D eigenvalue weighted by atomic mass is 14.9. The largest absolute Gasteiger partial charge is 0.264 e. The number of nitrogens with zero attached hydrogens (tertiary/aromatic N) is 3. The van der Waals surface area contributed by atoms with Gasteiger partial charge in [0.25, 0.3) is 0 Å². The normalized spacial score (nSPS) is 11.3. The second-order valence-corrected chi connectivity index (χ2v) is 12.1. The van der Waals surface area contributed by atoms with Crippen molar-refractivity contribution in [3.8, 4) is 56.2 Å². The predicted molar refractivity (Wildman–Crippen MR) is 200 cm³/mol. The average molecular weight is 612 g/mol. The van der Waals surface area contributed by atoms with Gasteiger partial charge >= 0.3 is 0 Å². The second kappa shape index (κ2) is 11.7. The Balaban J connectivity index is 1.17. The van der Waals surface area contributed by atoms with Gasteiger partial charge in [-0.2, -0.15) is 0 Å². The topological polar surface area (TPSA) is 38.7 Å². The highest BCUT2D eigenvalue weighted by Gasteiger charge is 2.14. The lowest BCUT2D eigenvalue weighted by atomic mass is 9.89. The lowest BCUT2D eigenvalue weighted by molar-refractivity contribution is 1.18. The first-order chi connectivity index (χ1) is 23.8. The Labute approximate surface area is 278 Å². The molecule has 9 aromatic rings. The summed E-state index contributed by atoms with van der Waals surface area (Å²) < 4.78 is 0. The molecule has 7 aromatic carbocycles. The van der Waals surface area contributed by atoms with Crippen molar-refractivity contribution in [3.63, 3.8) is 0 Å². The van der Waals surface area contributed by atoms with E-state index in [-0.39, 0.29) is 0 Å². The van der Waals surface area contributed by atoms with Crippen molar-refractivity contribution >= 4 is 32.3 Å². The Morgan fingerprint density at radius 2 is 0.938 bits per heavy atom. The molecule has 0 fully saturated rings. The fraction of sp³-hybridized carbons (Fsp3) is 0. The molecule has 0 saturated carbocycles. The molecule has 0 radical (unpaired) electrons. The van der Waals surface area contributed by atoms with E-state index in [0.29, 0.717) is 5.82 Å². The summed E-state index contributed by atoms with van der Waals surface area (Å²) in [6, 6.07) is 57.9. The van der Waals surface area contributed by atoms with Crippen LogP contribution in [0.4, 0.5) is 0 Å². The van der Waals surface area contributed by atoms with E-state index < -0.39 is 0 Å². The van der Waals surface area contributed by atoms with Crippen LogP contribution in [0.1, 0.15) is 0 Å². The molecule has 2 aromatic heterocycles. The van der Waals surface area contributed by atoms with Crippen LogP contribution >= 0.6 is 0 Å². The van der Waals surface area contributed by atoms with Crippen LogP contribution in [-0.2, 0) is 0 Å². The van der Waals surface area contributed by atoms with Gasteiger partial charge in [-0.3, -0.25) is 4.98 Å². The molecule has 48 heavy (non-hydrogen) atoms. The zero-order chi connectivity index (χ0) is 31.9. The number of hydrogen-bond donors (Lipinski definition) is 0. The van der Waals surface area contributed by atoms with E-state index in [4.69, 9.17) is 9.97 Å². The number of hydrogen-bond acceptors (Lipinski definition) is 3. The molecule has 0 aliphatic heterocycles. The molecule has 0 bridgehead atoms. The first-order valence-corrected chi connectivity index (χ1v) is 16.2. The molecule has 3 heteroatoms. The van der Waals surface area contributed by atoms with E-state index in [9.17, 15) is 0 Å². The molecular formula is C45H29N3. The number of fused-ring (bicyclic) bond motifs is 4. The lowest BCUT2D eigenvalue weighted by Gasteiger charge is -2.15. The lowest BCUT2D eigenvalue weighted by Crippen LogP contribution is -1.96. The molecule has 0 amide bonds. The molecule has 0 N–H and O–H groups in total. The first kappa shape index (κ1) is 27.8. The minimum Gasteiger partial charge on any atom is -0.264 e. The summed E-state index contributed by atoms with van der Waals surface area (Å²) in [5, 5.41) is 7.54. The van der Waals surface area contributed by atoms with Crippen LogP contribution in [0.15, 0.2) is 176 Å². The van der Waals surface area contributed by atoms with Gasteiger partial charge in [0.15, 0.2) is 5.82 Å². The Kier molecular flexibility index (Phi) is 6.80. The van der Waals surface area contributed by atoms with Crippen molar-refractivity contribution < 1.29 is 0 Å². The third-order valence-corrected chi connectivity index (χ3v) is 9.17. The molecule has 224 valence electrons. The van der Waals surface area contributed by atoms with Crippen LogP contribution in [0.3, 0.4) is 0 Å². The summed E-state index contributed by atoms with van der Waals surface area (Å²) in [5.41, 5.74) is 9.47. The summed E-state index contributed by atoms with van der Waals surface area (Å²) in [6.07, 6.45) is 3.68. The molecule has 3 nitrogen and oxygen atoms in total. The van der Waals surface area contributed by atoms with E-state index in [1.165, 1.54) is 43.4 Å². The summed E-state index contributed by atoms with van der Waals surface area (Å²) in [6.45, 7) is 0. The number of rotatable bonds is 5. The quantitative estimate of drug-likeness (QED) is 0.144. The minimum atomic E-state index is 0.704. The maximum absolute atomic E-state index is 5.08. The zero-order valence-corrected chi connectivity index (χ0v) is 26.1. The maximum Gasteiger partial charge on any atom is 0.160 e. The van der Waals surface area contributed by atoms with Crippen molar-refractivity contribution in [1.82, 2.24) is 15.0 Å². The van der Waals surface area contributed by atoms with Gasteiger partial charge in [-0.25, -0.2) is 9.97 Å². The third kappa shape index (κ3) is 4.99. The van der Waals surface area contributed by atoms with E-state index in [1.807, 2.05) is 30.5 Å². The number of pyridine rings is 1. The fourth-order valence-corrected chi connectivity index (χ4v) is 6.77. The van der Waals surface area contributed by atoms with Crippen molar-refractivity contribution in [2.24, 2.45) is 0 Å². The smallest absolute Gasteiger partial charge is 0.160 e. The van der Waals surface area contributed by atoms with Crippen molar-refractivity contribution in [2.75, 3.05) is 0 Å². The van der Waals surface area contributed by atoms with E-state index in [0.717, 1.165) is 39.2 Å². The highest BCUT2D eigenvalue weighted by molar-refractivity contribution is 6.20. The van der Waals surface area contributed by atoms with E-state index in [2.05, 4.69) is 145 Å². The molecule has 0 spiro atoms. The van der Waals surface area contributed by atoms with Crippen LogP contribution in [0.2, 0.25) is 0 Å². The van der Waals surface area contributed by atoms with Gasteiger partial charge in [0.1, 0.15) is 0 Å². The molecule has 9 rings (SSSR count). The Morgan fingerprint density at radius 1 is 0.333 bits per heavy atom. The Hall–Kier alpha value is -6.45. The van der Waals surface area contributed by atoms with Gasteiger partial charge in [0.05, 0.1) is 11.4 Å². The van der Waals surface area contributed by atoms with Crippen LogP contribution in [0.5, 0.6) is 0 Å². The zero-order valence-electron chi connectivity index (χ0n) is 26.1. The third-order valence-electron chi connectivity index (χ3n) is 9.17. The fourth-order valence-electron chi connectivity index (χ4n) is 6.77. The first-order valence-electron chi connectivity index (χ1n) is 16.2. The summed E-state index contributed by atoms with van der Waals surface area (Å²) in [5.74, 6) is 0.704. The summed E-state index contributed by atoms with van der Waals surface area (Å²) >= 11 is 0. The average Bonchev–Trinajstić information content (AvgIpc) is 3.17. The molecule has 0 aliphatic carbocycles. The van der Waals surface area contributed by atoms with Gasteiger partial charge in [-0.15, -0.1) is 0 Å². The summed E-state index contributed by atoms with van der Waals surface area (Å²) in [4.78, 5) is 14.4. The molecule has 2 heterocycles. The monoisotopic (exact) mass is 611 g/mol. The molecule has 0 saturated heterocycles. The molecular weight excluding hydrogens is 583 g/mol. The predicted octanol–water partition coefficient (Wildman–Crippen LogP) is 11.7. The Morgan fingerprint density at radius 3 is 1.65 bits per heavy atom. The van der Waals surface area contributed by atoms with Crippen LogP contribution in [0, 0.1) is 0 Å². The van der Waals surface area contributed by atoms with Crippen molar-refractivity contribution in [3.05, 3.63) is 176 Å². The van der Waals surface area contributed by atoms with Crippen LogP contribution in [0.25, 0.3) is 88.5 Å². The summed E-state index contributed by atoms with van der Waals surface area (Å²) in [7, 11) is 0. The highest BCUT2D eigenvalue weighted by Crippen LogP contribution is 2.40. The van der Waals surface area contributed by atoms with Gasteiger partial charge in [0.2, 0.25) is 0 Å².